The van der Waals surface area contributed by atoms with E-state index in [1.165, 1.54) is 0 Å². The van der Waals surface area contributed by atoms with E-state index in [0.717, 1.165) is 25.9 Å². The first-order valence-electron chi connectivity index (χ1n) is 6.84. The number of carboxylic acid groups (broad SMARTS) is 1. The molecule has 0 spiro atoms. The van der Waals surface area contributed by atoms with Gasteiger partial charge in [0.2, 0.25) is 0 Å². The molecular formula is C15H17N3O2. The minimum Gasteiger partial charge on any atom is -0.478 e. The van der Waals surface area contributed by atoms with Crippen LogP contribution in [0.1, 0.15) is 23.2 Å². The van der Waals surface area contributed by atoms with Gasteiger partial charge in [0.05, 0.1) is 11.1 Å². The van der Waals surface area contributed by atoms with E-state index in [1.54, 1.807) is 12.1 Å². The Hall–Kier alpha value is -2.14. The Kier molecular flexibility index (Phi) is 3.52. The lowest BCUT2D eigenvalue weighted by atomic mass is 10.1. The van der Waals surface area contributed by atoms with Crippen molar-refractivity contribution in [3.05, 3.63) is 35.9 Å². The molecule has 1 fully saturated rings. The van der Waals surface area contributed by atoms with Gasteiger partial charge in [0, 0.05) is 11.4 Å². The highest BCUT2D eigenvalue weighted by molar-refractivity contribution is 6.03. The Morgan fingerprint density at radius 1 is 1.30 bits per heavy atom. The predicted octanol–water partition coefficient (Wildman–Crippen LogP) is 2.10. The molecule has 1 aromatic carbocycles. The minimum atomic E-state index is -0.919. The van der Waals surface area contributed by atoms with Gasteiger partial charge in [-0.1, -0.05) is 18.2 Å². The van der Waals surface area contributed by atoms with Gasteiger partial charge in [-0.3, -0.25) is 0 Å². The molecule has 0 bridgehead atoms. The Bertz CT molecular complexity index is 636. The smallest absolute Gasteiger partial charge is 0.336 e. The van der Waals surface area contributed by atoms with Crippen molar-refractivity contribution in [2.24, 2.45) is 0 Å². The molecule has 0 atom stereocenters. The van der Waals surface area contributed by atoms with Gasteiger partial charge >= 0.3 is 5.97 Å². The van der Waals surface area contributed by atoms with Gasteiger partial charge in [-0.2, -0.15) is 0 Å². The van der Waals surface area contributed by atoms with Crippen molar-refractivity contribution < 1.29 is 9.90 Å². The third kappa shape index (κ3) is 2.58. The van der Waals surface area contributed by atoms with E-state index in [4.69, 9.17) is 0 Å². The Balaban J connectivity index is 1.96. The fraction of sp³-hybridized carbons (Fsp3) is 0.333. The molecule has 0 amide bonds. The number of aromatic nitrogens is 1. The van der Waals surface area contributed by atoms with Crippen LogP contribution in [0, 0.1) is 0 Å². The number of hydrogen-bond acceptors (Lipinski definition) is 4. The maximum Gasteiger partial charge on any atom is 0.336 e. The minimum absolute atomic E-state index is 0.298. The molecule has 1 aliphatic rings. The summed E-state index contributed by atoms with van der Waals surface area (Å²) in [6, 6.07) is 9.32. The second kappa shape index (κ2) is 5.46. The number of hydrogen-bond donors (Lipinski definition) is 3. The van der Waals surface area contributed by atoms with Crippen molar-refractivity contribution in [3.63, 3.8) is 0 Å². The van der Waals surface area contributed by atoms with Crippen LogP contribution in [0.25, 0.3) is 10.9 Å². The lowest BCUT2D eigenvalue weighted by Crippen LogP contribution is -2.35. The highest BCUT2D eigenvalue weighted by atomic mass is 16.4. The molecule has 1 saturated heterocycles. The van der Waals surface area contributed by atoms with Crippen molar-refractivity contribution in [2.75, 3.05) is 18.4 Å². The van der Waals surface area contributed by atoms with Gasteiger partial charge in [0.1, 0.15) is 5.82 Å². The first kappa shape index (κ1) is 12.9. The quantitative estimate of drug-likeness (QED) is 0.797. The summed E-state index contributed by atoms with van der Waals surface area (Å²) in [5.41, 5.74) is 1.01. The topological polar surface area (TPSA) is 74.2 Å². The van der Waals surface area contributed by atoms with Gasteiger partial charge < -0.3 is 15.7 Å². The average Bonchev–Trinajstić information content (AvgIpc) is 2.47. The number of carbonyl (C=O) groups is 1. The number of para-hydroxylation sites is 1. The normalized spacial score (nSPS) is 16.2. The molecule has 3 rings (SSSR count). The summed E-state index contributed by atoms with van der Waals surface area (Å²) in [5, 5.41) is 16.7. The SMILES string of the molecule is O=C(O)c1cc(NC2CCNCC2)nc2ccccc12. The molecule has 104 valence electrons. The van der Waals surface area contributed by atoms with Crippen molar-refractivity contribution in [3.8, 4) is 0 Å². The summed E-state index contributed by atoms with van der Waals surface area (Å²) in [7, 11) is 0. The highest BCUT2D eigenvalue weighted by Gasteiger charge is 2.16. The molecule has 0 unspecified atom stereocenters. The number of anilines is 1. The summed E-state index contributed by atoms with van der Waals surface area (Å²) in [4.78, 5) is 15.9. The maximum absolute atomic E-state index is 11.4. The summed E-state index contributed by atoms with van der Waals surface area (Å²) in [6.45, 7) is 1.97. The second-order valence-corrected chi connectivity index (χ2v) is 5.05. The number of piperidine rings is 1. The van der Waals surface area contributed by atoms with E-state index in [9.17, 15) is 9.90 Å². The summed E-state index contributed by atoms with van der Waals surface area (Å²) in [5.74, 6) is -0.273. The average molecular weight is 271 g/mol. The number of pyridine rings is 1. The number of fused-ring (bicyclic) bond motifs is 1. The van der Waals surface area contributed by atoms with E-state index >= 15 is 0 Å². The van der Waals surface area contributed by atoms with E-state index in [2.05, 4.69) is 15.6 Å². The number of nitrogens with zero attached hydrogens (tertiary/aromatic N) is 1. The molecule has 0 aliphatic carbocycles. The molecule has 5 nitrogen and oxygen atoms in total. The zero-order valence-corrected chi connectivity index (χ0v) is 11.1. The number of carboxylic acids is 1. The standard InChI is InChI=1S/C15H17N3O2/c19-15(20)12-9-14(17-10-5-7-16-8-6-10)18-13-4-2-1-3-11(12)13/h1-4,9-10,16H,5-8H2,(H,17,18)(H,19,20). The third-order valence-corrected chi connectivity index (χ3v) is 3.64. The van der Waals surface area contributed by atoms with Gasteiger partial charge in [0.25, 0.3) is 0 Å². The molecule has 1 aliphatic heterocycles. The van der Waals surface area contributed by atoms with Crippen LogP contribution in [0.3, 0.4) is 0 Å². The van der Waals surface area contributed by atoms with Crippen LogP contribution in [0.5, 0.6) is 0 Å². The van der Waals surface area contributed by atoms with Crippen LogP contribution in [-0.4, -0.2) is 35.2 Å². The van der Waals surface area contributed by atoms with Crippen LogP contribution >= 0.6 is 0 Å². The lowest BCUT2D eigenvalue weighted by molar-refractivity contribution is 0.0699. The predicted molar refractivity (Wildman–Crippen MR) is 78.2 cm³/mol. The number of benzene rings is 1. The molecule has 20 heavy (non-hydrogen) atoms. The zero-order chi connectivity index (χ0) is 13.9. The van der Waals surface area contributed by atoms with E-state index in [0.29, 0.717) is 28.3 Å². The lowest BCUT2D eigenvalue weighted by Gasteiger charge is -2.24. The van der Waals surface area contributed by atoms with Gasteiger partial charge in [-0.15, -0.1) is 0 Å². The second-order valence-electron chi connectivity index (χ2n) is 5.05. The molecule has 3 N–H and O–H groups in total. The van der Waals surface area contributed by atoms with Crippen molar-refractivity contribution in [1.29, 1.82) is 0 Å². The molecule has 2 heterocycles. The van der Waals surface area contributed by atoms with Crippen molar-refractivity contribution in [1.82, 2.24) is 10.3 Å². The molecule has 5 heteroatoms. The van der Waals surface area contributed by atoms with E-state index in [1.807, 2.05) is 18.2 Å². The number of nitrogens with one attached hydrogen (secondary N) is 2. The summed E-state index contributed by atoms with van der Waals surface area (Å²) in [6.07, 6.45) is 2.05. The Labute approximate surface area is 117 Å². The summed E-state index contributed by atoms with van der Waals surface area (Å²) < 4.78 is 0. The molecule has 0 radical (unpaired) electrons. The molecular weight excluding hydrogens is 254 g/mol. The van der Waals surface area contributed by atoms with Gasteiger partial charge in [-0.25, -0.2) is 9.78 Å². The fourth-order valence-electron chi connectivity index (χ4n) is 2.60. The van der Waals surface area contributed by atoms with Crippen LogP contribution in [0.15, 0.2) is 30.3 Å². The monoisotopic (exact) mass is 271 g/mol. The number of aromatic carboxylic acids is 1. The first-order valence-corrected chi connectivity index (χ1v) is 6.84. The molecule has 0 saturated carbocycles. The van der Waals surface area contributed by atoms with Crippen molar-refractivity contribution >= 4 is 22.7 Å². The maximum atomic E-state index is 11.4. The van der Waals surface area contributed by atoms with Gasteiger partial charge in [0.15, 0.2) is 0 Å². The largest absolute Gasteiger partial charge is 0.478 e. The zero-order valence-electron chi connectivity index (χ0n) is 11.1. The van der Waals surface area contributed by atoms with Crippen LogP contribution in [0.2, 0.25) is 0 Å². The number of rotatable bonds is 3. The van der Waals surface area contributed by atoms with Crippen molar-refractivity contribution in [2.45, 2.75) is 18.9 Å². The van der Waals surface area contributed by atoms with Crippen LogP contribution in [0.4, 0.5) is 5.82 Å². The van der Waals surface area contributed by atoms with Crippen LogP contribution < -0.4 is 10.6 Å². The van der Waals surface area contributed by atoms with E-state index < -0.39 is 5.97 Å². The van der Waals surface area contributed by atoms with Gasteiger partial charge in [-0.05, 0) is 38.1 Å². The highest BCUT2D eigenvalue weighted by Crippen LogP contribution is 2.22. The molecule has 2 aromatic rings. The first-order chi connectivity index (χ1) is 9.74. The van der Waals surface area contributed by atoms with E-state index in [-0.39, 0.29) is 0 Å². The summed E-state index contributed by atoms with van der Waals surface area (Å²) >= 11 is 0. The van der Waals surface area contributed by atoms with Crippen LogP contribution in [-0.2, 0) is 0 Å². The molecule has 1 aromatic heterocycles. The third-order valence-electron chi connectivity index (χ3n) is 3.64. The Morgan fingerprint density at radius 2 is 2.05 bits per heavy atom. The fourth-order valence-corrected chi connectivity index (χ4v) is 2.60. The Morgan fingerprint density at radius 3 is 2.80 bits per heavy atom.